The van der Waals surface area contributed by atoms with Crippen molar-refractivity contribution in [3.63, 3.8) is 0 Å². The highest BCUT2D eigenvalue weighted by Gasteiger charge is 2.44. The smallest absolute Gasteiger partial charge is 0.253 e. The molecule has 34 heavy (non-hydrogen) atoms. The van der Waals surface area contributed by atoms with Crippen LogP contribution in [0, 0.1) is 6.92 Å². The molecule has 0 aromatic heterocycles. The number of piperidine rings is 1. The number of halogens is 2. The number of likely N-dealkylation sites (tertiary alicyclic amines) is 1. The molecule has 0 saturated carbocycles. The fraction of sp³-hybridized carbons (Fsp3) is 0.519. The van der Waals surface area contributed by atoms with Crippen LogP contribution in [0.2, 0.25) is 0 Å². The zero-order chi connectivity index (χ0) is 24.3. The SMILES string of the molecule is Cc1cc(C(=O)N2CCC3(CC2)CN(CC(F)F)CC(c2ccccc2)O3)ccc1OC(C)C. The molecule has 2 aromatic carbocycles. The number of ether oxygens (including phenoxy) is 2. The number of amides is 1. The van der Waals surface area contributed by atoms with E-state index in [0.29, 0.717) is 44.6 Å². The summed E-state index contributed by atoms with van der Waals surface area (Å²) in [4.78, 5) is 16.8. The van der Waals surface area contributed by atoms with Gasteiger partial charge >= 0.3 is 0 Å². The average Bonchev–Trinajstić information content (AvgIpc) is 2.80. The van der Waals surface area contributed by atoms with Crippen molar-refractivity contribution in [2.75, 3.05) is 32.7 Å². The largest absolute Gasteiger partial charge is 0.491 e. The van der Waals surface area contributed by atoms with Gasteiger partial charge in [-0.25, -0.2) is 8.78 Å². The van der Waals surface area contributed by atoms with E-state index in [-0.39, 0.29) is 24.7 Å². The van der Waals surface area contributed by atoms with Crippen molar-refractivity contribution < 1.29 is 23.0 Å². The molecule has 0 aliphatic carbocycles. The van der Waals surface area contributed by atoms with Crippen molar-refractivity contribution in [3.05, 3.63) is 65.2 Å². The maximum Gasteiger partial charge on any atom is 0.253 e. The second kappa shape index (κ2) is 10.4. The zero-order valence-corrected chi connectivity index (χ0v) is 20.2. The van der Waals surface area contributed by atoms with E-state index in [0.717, 1.165) is 16.9 Å². The molecule has 1 atom stereocenters. The molecule has 0 bridgehead atoms. The normalized spacial score (nSPS) is 20.8. The molecule has 1 amide bonds. The summed E-state index contributed by atoms with van der Waals surface area (Å²) in [7, 11) is 0. The van der Waals surface area contributed by atoms with Crippen LogP contribution in [0.3, 0.4) is 0 Å². The van der Waals surface area contributed by atoms with Gasteiger partial charge in [0.25, 0.3) is 12.3 Å². The Balaban J connectivity index is 1.45. The highest BCUT2D eigenvalue weighted by atomic mass is 19.3. The number of rotatable bonds is 6. The third-order valence-electron chi connectivity index (χ3n) is 6.64. The van der Waals surface area contributed by atoms with Crippen LogP contribution in [-0.2, 0) is 4.74 Å². The molecule has 0 radical (unpaired) electrons. The molecular weight excluding hydrogens is 438 g/mol. The average molecular weight is 473 g/mol. The number of benzene rings is 2. The van der Waals surface area contributed by atoms with Gasteiger partial charge in [-0.05, 0) is 62.9 Å². The van der Waals surface area contributed by atoms with Gasteiger partial charge in [0, 0.05) is 31.7 Å². The number of carbonyl (C=O) groups is 1. The molecule has 2 fully saturated rings. The Morgan fingerprint density at radius 2 is 1.85 bits per heavy atom. The van der Waals surface area contributed by atoms with Crippen molar-refractivity contribution in [2.24, 2.45) is 0 Å². The van der Waals surface area contributed by atoms with Crippen LogP contribution >= 0.6 is 0 Å². The minimum absolute atomic E-state index is 0.0195. The topological polar surface area (TPSA) is 42.0 Å². The van der Waals surface area contributed by atoms with Crippen LogP contribution in [0.1, 0.15) is 54.3 Å². The van der Waals surface area contributed by atoms with Gasteiger partial charge in [0.1, 0.15) is 5.75 Å². The second-order valence-corrected chi connectivity index (χ2v) is 9.72. The number of carbonyl (C=O) groups excluding carboxylic acids is 1. The molecule has 2 aromatic rings. The summed E-state index contributed by atoms with van der Waals surface area (Å²) in [6.07, 6.45) is -1.34. The summed E-state index contributed by atoms with van der Waals surface area (Å²) >= 11 is 0. The fourth-order valence-corrected chi connectivity index (χ4v) is 5.00. The van der Waals surface area contributed by atoms with Crippen molar-refractivity contribution in [1.29, 1.82) is 0 Å². The molecule has 4 rings (SSSR count). The molecular formula is C27H34F2N2O3. The fourth-order valence-electron chi connectivity index (χ4n) is 5.00. The second-order valence-electron chi connectivity index (χ2n) is 9.72. The first kappa shape index (κ1) is 24.6. The summed E-state index contributed by atoms with van der Waals surface area (Å²) in [5, 5.41) is 0. The van der Waals surface area contributed by atoms with Crippen molar-refractivity contribution in [3.8, 4) is 5.75 Å². The number of nitrogens with zero attached hydrogens (tertiary/aromatic N) is 2. The summed E-state index contributed by atoms with van der Waals surface area (Å²) in [5.74, 6) is 0.764. The predicted octanol–water partition coefficient (Wildman–Crippen LogP) is 5.10. The summed E-state index contributed by atoms with van der Waals surface area (Å²) in [5.41, 5.74) is 2.03. The highest BCUT2D eigenvalue weighted by Crippen LogP contribution is 2.38. The molecule has 2 heterocycles. The Labute approximate surface area is 200 Å². The first-order valence-corrected chi connectivity index (χ1v) is 12.0. The van der Waals surface area contributed by atoms with E-state index in [2.05, 4.69) is 0 Å². The lowest BCUT2D eigenvalue weighted by Gasteiger charge is -2.50. The molecule has 1 spiro atoms. The zero-order valence-electron chi connectivity index (χ0n) is 20.2. The lowest BCUT2D eigenvalue weighted by Crippen LogP contribution is -2.58. The maximum atomic E-state index is 13.2. The van der Waals surface area contributed by atoms with Gasteiger partial charge in [-0.1, -0.05) is 30.3 Å². The van der Waals surface area contributed by atoms with Crippen LogP contribution < -0.4 is 4.74 Å². The minimum atomic E-state index is -2.39. The minimum Gasteiger partial charge on any atom is -0.491 e. The Bertz CT molecular complexity index is 975. The van der Waals surface area contributed by atoms with E-state index in [4.69, 9.17) is 9.47 Å². The number of hydrogen-bond acceptors (Lipinski definition) is 4. The van der Waals surface area contributed by atoms with E-state index >= 15 is 0 Å². The third-order valence-corrected chi connectivity index (χ3v) is 6.64. The van der Waals surface area contributed by atoms with E-state index in [1.807, 2.05) is 79.1 Å². The van der Waals surface area contributed by atoms with Crippen LogP contribution in [0.15, 0.2) is 48.5 Å². The van der Waals surface area contributed by atoms with Gasteiger partial charge < -0.3 is 14.4 Å². The molecule has 0 N–H and O–H groups in total. The molecule has 7 heteroatoms. The Kier molecular flexibility index (Phi) is 7.53. The quantitative estimate of drug-likeness (QED) is 0.587. The Hall–Kier alpha value is -2.51. The Morgan fingerprint density at radius 1 is 1.15 bits per heavy atom. The van der Waals surface area contributed by atoms with Crippen LogP contribution in [0.5, 0.6) is 5.75 Å². The van der Waals surface area contributed by atoms with Gasteiger partial charge in [-0.3, -0.25) is 9.69 Å². The first-order valence-electron chi connectivity index (χ1n) is 12.0. The molecule has 2 aliphatic rings. The Morgan fingerprint density at radius 3 is 2.47 bits per heavy atom. The number of morpholine rings is 1. The first-order chi connectivity index (χ1) is 16.2. The van der Waals surface area contributed by atoms with Crippen molar-refractivity contribution >= 4 is 5.91 Å². The van der Waals surface area contributed by atoms with E-state index in [9.17, 15) is 13.6 Å². The van der Waals surface area contributed by atoms with Crippen molar-refractivity contribution in [1.82, 2.24) is 9.80 Å². The predicted molar refractivity (Wildman–Crippen MR) is 128 cm³/mol. The van der Waals surface area contributed by atoms with E-state index in [1.165, 1.54) is 0 Å². The van der Waals surface area contributed by atoms with Crippen LogP contribution in [0.25, 0.3) is 0 Å². The van der Waals surface area contributed by atoms with Crippen LogP contribution in [-0.4, -0.2) is 66.6 Å². The number of hydrogen-bond donors (Lipinski definition) is 0. The molecule has 2 aliphatic heterocycles. The lowest BCUT2D eigenvalue weighted by molar-refractivity contribution is -0.180. The molecule has 1 unspecified atom stereocenters. The van der Waals surface area contributed by atoms with Crippen LogP contribution in [0.4, 0.5) is 8.78 Å². The third kappa shape index (κ3) is 5.76. The molecule has 184 valence electrons. The number of aryl methyl sites for hydroxylation is 1. The summed E-state index contributed by atoms with van der Waals surface area (Å²) in [6, 6.07) is 15.3. The van der Waals surface area contributed by atoms with E-state index < -0.39 is 12.0 Å². The van der Waals surface area contributed by atoms with Gasteiger partial charge in [-0.2, -0.15) is 0 Å². The lowest BCUT2D eigenvalue weighted by atomic mass is 9.87. The number of alkyl halides is 2. The molecule has 2 saturated heterocycles. The van der Waals surface area contributed by atoms with Gasteiger partial charge in [0.05, 0.1) is 24.4 Å². The van der Waals surface area contributed by atoms with Crippen molar-refractivity contribution in [2.45, 2.75) is 57.8 Å². The highest BCUT2D eigenvalue weighted by molar-refractivity contribution is 5.94. The monoisotopic (exact) mass is 472 g/mol. The van der Waals surface area contributed by atoms with Gasteiger partial charge in [-0.15, -0.1) is 0 Å². The van der Waals surface area contributed by atoms with Gasteiger partial charge in [0.2, 0.25) is 0 Å². The summed E-state index contributed by atoms with van der Waals surface area (Å²) < 4.78 is 38.9. The van der Waals surface area contributed by atoms with E-state index in [1.54, 1.807) is 0 Å². The maximum absolute atomic E-state index is 13.2. The standard InChI is InChI=1S/C27H34F2N2O3/c1-19(2)33-23-10-9-22(15-20(23)3)26(32)31-13-11-27(12-14-31)18-30(17-25(28)29)16-24(34-27)21-7-5-4-6-8-21/h4-10,15,19,24-25H,11-14,16-18H2,1-3H3. The molecule has 5 nitrogen and oxygen atoms in total. The summed E-state index contributed by atoms with van der Waals surface area (Å²) in [6.45, 7) is 7.60. The van der Waals surface area contributed by atoms with Gasteiger partial charge in [0.15, 0.2) is 0 Å².